The Morgan fingerprint density at radius 3 is 2.44 bits per heavy atom. The lowest BCUT2D eigenvalue weighted by atomic mass is 9.98. The first-order valence-electron chi connectivity index (χ1n) is 11.1. The van der Waals surface area contributed by atoms with Crippen molar-refractivity contribution in [3.63, 3.8) is 0 Å². The number of hydrogen-bond donors (Lipinski definition) is 1. The number of nitrogens with zero attached hydrogens (tertiary/aromatic N) is 2. The summed E-state index contributed by atoms with van der Waals surface area (Å²) in [6, 6.07) is 11.5. The lowest BCUT2D eigenvalue weighted by Crippen LogP contribution is -2.42. The van der Waals surface area contributed by atoms with Gasteiger partial charge < -0.3 is 19.6 Å². The normalized spacial score (nSPS) is 21.6. The number of anilines is 1. The fraction of sp³-hybridized carbons (Fsp3) is 0.440. The van der Waals surface area contributed by atoms with Crippen LogP contribution in [0.1, 0.15) is 54.6 Å². The average molecular weight is 457 g/mol. The molecule has 170 valence electrons. The van der Waals surface area contributed by atoms with Gasteiger partial charge in [0.2, 0.25) is 0 Å². The van der Waals surface area contributed by atoms with Gasteiger partial charge in [-0.15, -0.1) is 0 Å². The monoisotopic (exact) mass is 456 g/mol. The van der Waals surface area contributed by atoms with Crippen molar-refractivity contribution in [2.45, 2.75) is 44.7 Å². The van der Waals surface area contributed by atoms with E-state index in [0.29, 0.717) is 35.1 Å². The van der Waals surface area contributed by atoms with Crippen molar-refractivity contribution in [2.75, 3.05) is 25.1 Å². The van der Waals surface area contributed by atoms with Crippen LogP contribution in [0.25, 0.3) is 0 Å². The van der Waals surface area contributed by atoms with Crippen LogP contribution in [0.4, 0.5) is 5.69 Å². The van der Waals surface area contributed by atoms with Gasteiger partial charge in [0, 0.05) is 23.7 Å². The summed E-state index contributed by atoms with van der Waals surface area (Å²) in [4.78, 5) is 29.3. The third-order valence-electron chi connectivity index (χ3n) is 6.72. The highest BCUT2D eigenvalue weighted by Gasteiger charge is 2.42. The Morgan fingerprint density at radius 1 is 1.06 bits per heavy atom. The highest BCUT2D eigenvalue weighted by molar-refractivity contribution is 6.31. The maximum atomic E-state index is 13.6. The van der Waals surface area contributed by atoms with E-state index in [1.807, 2.05) is 24.3 Å². The van der Waals surface area contributed by atoms with Crippen LogP contribution >= 0.6 is 11.6 Å². The predicted octanol–water partition coefficient (Wildman–Crippen LogP) is 5.02. The number of hydrogen-bond acceptors (Lipinski definition) is 4. The van der Waals surface area contributed by atoms with Crippen molar-refractivity contribution in [3.8, 4) is 5.75 Å². The molecule has 0 radical (unpaired) electrons. The van der Waals surface area contributed by atoms with Gasteiger partial charge in [0.25, 0.3) is 5.91 Å². The smallest absolute Gasteiger partial charge is 0.326 e. The molecule has 0 saturated carbocycles. The zero-order chi connectivity index (χ0) is 22.8. The number of amides is 1. The van der Waals surface area contributed by atoms with Crippen LogP contribution in [-0.2, 0) is 4.79 Å². The summed E-state index contributed by atoms with van der Waals surface area (Å²) in [5.74, 6) is 0.0181. The number of carboxylic acids is 1. The molecule has 0 aromatic heterocycles. The molecule has 2 saturated heterocycles. The molecule has 1 amide bonds. The molecular weight excluding hydrogens is 428 g/mol. The van der Waals surface area contributed by atoms with Gasteiger partial charge in [0.05, 0.1) is 18.8 Å². The maximum Gasteiger partial charge on any atom is 0.326 e. The van der Waals surface area contributed by atoms with E-state index in [1.54, 1.807) is 25.3 Å². The summed E-state index contributed by atoms with van der Waals surface area (Å²) in [5.41, 5.74) is 2.16. The van der Waals surface area contributed by atoms with E-state index >= 15 is 0 Å². The molecule has 4 rings (SSSR count). The molecule has 0 aliphatic carbocycles. The van der Waals surface area contributed by atoms with E-state index in [9.17, 15) is 14.7 Å². The highest BCUT2D eigenvalue weighted by Crippen LogP contribution is 2.41. The fourth-order valence-electron chi connectivity index (χ4n) is 4.86. The molecule has 0 bridgehead atoms. The van der Waals surface area contributed by atoms with Crippen LogP contribution in [0, 0.1) is 5.92 Å². The molecule has 32 heavy (non-hydrogen) atoms. The van der Waals surface area contributed by atoms with Gasteiger partial charge in [-0.25, -0.2) is 4.79 Å². The molecule has 2 aromatic carbocycles. The van der Waals surface area contributed by atoms with Crippen LogP contribution in [0.3, 0.4) is 0 Å². The zero-order valence-corrected chi connectivity index (χ0v) is 19.2. The highest BCUT2D eigenvalue weighted by atomic mass is 35.5. The molecule has 2 atom stereocenters. The van der Waals surface area contributed by atoms with Gasteiger partial charge in [-0.2, -0.15) is 0 Å². The number of carboxylic acid groups (broad SMARTS) is 1. The Labute approximate surface area is 193 Å². The molecule has 2 aliphatic rings. The Bertz CT molecular complexity index is 1000. The Morgan fingerprint density at radius 2 is 1.78 bits per heavy atom. The SMILES string of the molecule is COc1cc(C(=O)N2[C@@H](c3ccccc3Cl)CC[C@H]2C(=O)O)ccc1N1CCC(C)CC1. The number of methoxy groups -OCH3 is 1. The summed E-state index contributed by atoms with van der Waals surface area (Å²) in [7, 11) is 1.60. The molecule has 2 aliphatic heterocycles. The molecule has 2 heterocycles. The molecule has 6 nitrogen and oxygen atoms in total. The van der Waals surface area contributed by atoms with Crippen molar-refractivity contribution in [1.82, 2.24) is 4.90 Å². The van der Waals surface area contributed by atoms with E-state index in [1.165, 1.54) is 4.90 Å². The van der Waals surface area contributed by atoms with Gasteiger partial charge in [0.1, 0.15) is 11.8 Å². The number of likely N-dealkylation sites (tertiary alicyclic amines) is 1. The van der Waals surface area contributed by atoms with Crippen molar-refractivity contribution in [3.05, 3.63) is 58.6 Å². The molecule has 0 spiro atoms. The van der Waals surface area contributed by atoms with Crippen LogP contribution in [-0.4, -0.2) is 48.1 Å². The van der Waals surface area contributed by atoms with Gasteiger partial charge in [-0.3, -0.25) is 4.79 Å². The number of ether oxygens (including phenoxy) is 1. The maximum absolute atomic E-state index is 13.6. The predicted molar refractivity (Wildman–Crippen MR) is 125 cm³/mol. The van der Waals surface area contributed by atoms with Crippen LogP contribution in [0.15, 0.2) is 42.5 Å². The number of carbonyl (C=O) groups excluding carboxylic acids is 1. The minimum absolute atomic E-state index is 0.322. The number of benzene rings is 2. The molecule has 2 aromatic rings. The zero-order valence-electron chi connectivity index (χ0n) is 18.5. The standard InChI is InChI=1S/C25H29ClN2O4/c1-16-11-13-27(14-12-16)21-8-7-17(15-23(21)32-2)24(29)28-20(9-10-22(28)25(30)31)18-5-3-4-6-19(18)26/h3-8,15-16,20,22H,9-14H2,1-2H3,(H,30,31)/t20-,22+/m1/s1. The van der Waals surface area contributed by atoms with E-state index < -0.39 is 12.0 Å². The number of carbonyl (C=O) groups is 2. The molecular formula is C25H29ClN2O4. The van der Waals surface area contributed by atoms with Crippen molar-refractivity contribution in [2.24, 2.45) is 5.92 Å². The number of halogens is 1. The van der Waals surface area contributed by atoms with Gasteiger partial charge in [0.15, 0.2) is 0 Å². The lowest BCUT2D eigenvalue weighted by molar-refractivity contribution is -0.141. The summed E-state index contributed by atoms with van der Waals surface area (Å²) < 4.78 is 5.63. The molecule has 1 N–H and O–H groups in total. The van der Waals surface area contributed by atoms with Gasteiger partial charge in [-0.1, -0.05) is 36.7 Å². The van der Waals surface area contributed by atoms with Crippen LogP contribution < -0.4 is 9.64 Å². The Balaban J connectivity index is 1.66. The average Bonchev–Trinajstić information content (AvgIpc) is 3.24. The summed E-state index contributed by atoms with van der Waals surface area (Å²) in [6.45, 7) is 4.17. The summed E-state index contributed by atoms with van der Waals surface area (Å²) in [6.07, 6.45) is 3.18. The van der Waals surface area contributed by atoms with E-state index in [4.69, 9.17) is 16.3 Å². The first-order valence-corrected chi connectivity index (χ1v) is 11.5. The van der Waals surface area contributed by atoms with Crippen LogP contribution in [0.2, 0.25) is 5.02 Å². The second-order valence-corrected chi connectivity index (χ2v) is 9.14. The minimum atomic E-state index is -1.00. The van der Waals surface area contributed by atoms with E-state index in [2.05, 4.69) is 11.8 Å². The van der Waals surface area contributed by atoms with Crippen molar-refractivity contribution >= 4 is 29.2 Å². The largest absolute Gasteiger partial charge is 0.495 e. The third kappa shape index (κ3) is 4.29. The lowest BCUT2D eigenvalue weighted by Gasteiger charge is -2.33. The second-order valence-electron chi connectivity index (χ2n) is 8.74. The second kappa shape index (κ2) is 9.41. The Kier molecular flexibility index (Phi) is 6.60. The minimum Gasteiger partial charge on any atom is -0.495 e. The first-order chi connectivity index (χ1) is 15.4. The van der Waals surface area contributed by atoms with Gasteiger partial charge >= 0.3 is 5.97 Å². The summed E-state index contributed by atoms with van der Waals surface area (Å²) >= 11 is 6.40. The first kappa shape index (κ1) is 22.5. The number of rotatable bonds is 5. The third-order valence-corrected chi connectivity index (χ3v) is 7.06. The summed E-state index contributed by atoms with van der Waals surface area (Å²) in [5, 5.41) is 10.3. The molecule has 2 fully saturated rings. The fourth-order valence-corrected chi connectivity index (χ4v) is 5.12. The number of piperidine rings is 1. The van der Waals surface area contributed by atoms with Gasteiger partial charge in [-0.05, 0) is 61.4 Å². The molecule has 0 unspecified atom stereocenters. The van der Waals surface area contributed by atoms with E-state index in [-0.39, 0.29) is 11.9 Å². The van der Waals surface area contributed by atoms with Crippen LogP contribution in [0.5, 0.6) is 5.75 Å². The number of aliphatic carboxylic acids is 1. The Hall–Kier alpha value is -2.73. The van der Waals surface area contributed by atoms with Crippen molar-refractivity contribution < 1.29 is 19.4 Å². The quantitative estimate of drug-likeness (QED) is 0.684. The topological polar surface area (TPSA) is 70.1 Å². The van der Waals surface area contributed by atoms with Crippen molar-refractivity contribution in [1.29, 1.82) is 0 Å². The molecule has 7 heteroatoms. The van der Waals surface area contributed by atoms with E-state index in [0.717, 1.165) is 37.2 Å².